The van der Waals surface area contributed by atoms with Gasteiger partial charge in [0.1, 0.15) is 11.8 Å². The minimum Gasteiger partial charge on any atom is -0.478 e. The third-order valence-electron chi connectivity index (χ3n) is 3.62. The molecule has 0 spiro atoms. The van der Waals surface area contributed by atoms with Gasteiger partial charge in [-0.25, -0.2) is 0 Å². The Kier molecular flexibility index (Phi) is 5.29. The number of hydrogen-bond donors (Lipinski definition) is 2. The van der Waals surface area contributed by atoms with Crippen LogP contribution in [0.15, 0.2) is 43.0 Å². The van der Waals surface area contributed by atoms with Crippen LogP contribution in [0.2, 0.25) is 0 Å². The number of ether oxygens (including phenoxy) is 1. The molecule has 6 heteroatoms. The zero-order chi connectivity index (χ0) is 17.9. The molecule has 0 unspecified atom stereocenters. The highest BCUT2D eigenvalue weighted by Gasteiger charge is 2.54. The molecule has 1 aromatic carbocycles. The first-order valence-corrected chi connectivity index (χ1v) is 7.88. The van der Waals surface area contributed by atoms with E-state index in [9.17, 15) is 14.7 Å². The zero-order valence-corrected chi connectivity index (χ0v) is 14.2. The maximum absolute atomic E-state index is 12.3. The summed E-state index contributed by atoms with van der Waals surface area (Å²) in [4.78, 5) is 26.0. The lowest BCUT2D eigenvalue weighted by atomic mass is 9.91. The quantitative estimate of drug-likeness (QED) is 0.604. The van der Waals surface area contributed by atoms with Gasteiger partial charge in [-0.2, -0.15) is 0 Å². The lowest BCUT2D eigenvalue weighted by Gasteiger charge is -2.47. The molecule has 1 aliphatic heterocycles. The molecule has 0 aromatic heterocycles. The second-order valence-corrected chi connectivity index (χ2v) is 6.81. The summed E-state index contributed by atoms with van der Waals surface area (Å²) in [5.41, 5.74) is -0.481. The highest BCUT2D eigenvalue weighted by molar-refractivity contribution is 5.93. The monoisotopic (exact) mass is 332 g/mol. The average Bonchev–Trinajstić information content (AvgIpc) is 2.52. The van der Waals surface area contributed by atoms with E-state index >= 15 is 0 Å². The van der Waals surface area contributed by atoms with Crippen LogP contribution in [0, 0.1) is 0 Å². The number of nitrogens with zero attached hydrogens (tertiary/aromatic N) is 1. The van der Waals surface area contributed by atoms with E-state index in [-0.39, 0.29) is 12.5 Å². The van der Waals surface area contributed by atoms with Crippen LogP contribution < -0.4 is 10.1 Å². The van der Waals surface area contributed by atoms with Crippen molar-refractivity contribution in [3.63, 3.8) is 0 Å². The van der Waals surface area contributed by atoms with Crippen LogP contribution in [0.5, 0.6) is 5.75 Å². The third kappa shape index (κ3) is 3.94. The SMILES string of the molecule is C=CCN1C(=O)[C@H](Oc2ccccc2)[C@@H]1[C@H](O)C(=O)NC(C)(C)C. The van der Waals surface area contributed by atoms with Crippen LogP contribution in [0.25, 0.3) is 0 Å². The van der Waals surface area contributed by atoms with Gasteiger partial charge in [-0.05, 0) is 32.9 Å². The molecule has 2 rings (SSSR count). The highest BCUT2D eigenvalue weighted by Crippen LogP contribution is 2.28. The second-order valence-electron chi connectivity index (χ2n) is 6.81. The first-order chi connectivity index (χ1) is 11.2. The van der Waals surface area contributed by atoms with Gasteiger partial charge in [-0.15, -0.1) is 6.58 Å². The Hall–Kier alpha value is -2.34. The Morgan fingerprint density at radius 3 is 2.58 bits per heavy atom. The zero-order valence-electron chi connectivity index (χ0n) is 14.2. The van der Waals surface area contributed by atoms with E-state index in [1.165, 1.54) is 4.90 Å². The van der Waals surface area contributed by atoms with Crippen molar-refractivity contribution in [1.29, 1.82) is 0 Å². The van der Waals surface area contributed by atoms with Crippen molar-refractivity contribution in [3.8, 4) is 5.75 Å². The Bertz CT molecular complexity index is 609. The minimum absolute atomic E-state index is 0.248. The van der Waals surface area contributed by atoms with Gasteiger partial charge in [0.15, 0.2) is 6.10 Å². The number of carbonyl (C=O) groups excluding carboxylic acids is 2. The van der Waals surface area contributed by atoms with Crippen molar-refractivity contribution >= 4 is 11.8 Å². The van der Waals surface area contributed by atoms with E-state index in [4.69, 9.17) is 4.74 Å². The van der Waals surface area contributed by atoms with Crippen molar-refractivity contribution < 1.29 is 19.4 Å². The van der Waals surface area contributed by atoms with Crippen molar-refractivity contribution in [2.45, 2.75) is 44.6 Å². The summed E-state index contributed by atoms with van der Waals surface area (Å²) in [5, 5.41) is 13.2. The van der Waals surface area contributed by atoms with Gasteiger partial charge in [-0.1, -0.05) is 24.3 Å². The molecule has 24 heavy (non-hydrogen) atoms. The molecule has 2 amide bonds. The summed E-state index contributed by atoms with van der Waals surface area (Å²) >= 11 is 0. The maximum atomic E-state index is 12.3. The number of nitrogens with one attached hydrogen (secondary N) is 1. The molecule has 1 aromatic rings. The number of β-lactam (4-membered cyclic amide) rings is 1. The Morgan fingerprint density at radius 1 is 1.42 bits per heavy atom. The van der Waals surface area contributed by atoms with Crippen molar-refractivity contribution in [2.75, 3.05) is 6.54 Å². The van der Waals surface area contributed by atoms with E-state index in [0.29, 0.717) is 5.75 Å². The molecule has 0 radical (unpaired) electrons. The molecule has 6 nitrogen and oxygen atoms in total. The van der Waals surface area contributed by atoms with E-state index in [2.05, 4.69) is 11.9 Å². The fourth-order valence-electron chi connectivity index (χ4n) is 2.59. The van der Waals surface area contributed by atoms with Gasteiger partial charge in [0.05, 0.1) is 0 Å². The van der Waals surface area contributed by atoms with Gasteiger partial charge in [0.25, 0.3) is 11.8 Å². The number of aliphatic hydroxyl groups is 1. The van der Waals surface area contributed by atoms with Crippen molar-refractivity contribution in [3.05, 3.63) is 43.0 Å². The molecule has 1 heterocycles. The number of rotatable bonds is 6. The normalized spacial score (nSPS) is 21.7. The van der Waals surface area contributed by atoms with Gasteiger partial charge in [0.2, 0.25) is 6.10 Å². The summed E-state index contributed by atoms with van der Waals surface area (Å²) in [6, 6.07) is 8.11. The minimum atomic E-state index is -1.38. The smallest absolute Gasteiger partial charge is 0.266 e. The molecule has 3 atom stereocenters. The molecular weight excluding hydrogens is 308 g/mol. The maximum Gasteiger partial charge on any atom is 0.266 e. The standard InChI is InChI=1S/C18H24N2O4/c1-5-11-20-13(14(21)16(22)19-18(2,3)4)15(17(20)23)24-12-9-7-6-8-10-12/h5-10,13-15,21H,1,11H2,2-4H3,(H,19,22)/t13-,14-,15+/m0/s1. The van der Waals surface area contributed by atoms with Crippen LogP contribution in [-0.4, -0.2) is 52.2 Å². The number of hydrogen-bond acceptors (Lipinski definition) is 4. The number of benzene rings is 1. The first kappa shape index (κ1) is 18.0. The van der Waals surface area contributed by atoms with Crippen molar-refractivity contribution in [2.24, 2.45) is 0 Å². The summed E-state index contributed by atoms with van der Waals surface area (Å²) in [6.45, 7) is 9.32. The van der Waals surface area contributed by atoms with Gasteiger partial charge < -0.3 is 20.1 Å². The number of amides is 2. The van der Waals surface area contributed by atoms with Gasteiger partial charge in [-0.3, -0.25) is 9.59 Å². The lowest BCUT2D eigenvalue weighted by Crippen LogP contribution is -2.73. The molecular formula is C18H24N2O4. The molecule has 130 valence electrons. The summed E-state index contributed by atoms with van der Waals surface area (Å²) < 4.78 is 5.69. The molecule has 1 aliphatic rings. The fourth-order valence-corrected chi connectivity index (χ4v) is 2.59. The predicted molar refractivity (Wildman–Crippen MR) is 90.5 cm³/mol. The number of carbonyl (C=O) groups is 2. The average molecular weight is 332 g/mol. The van der Waals surface area contributed by atoms with E-state index in [1.54, 1.807) is 30.3 Å². The Labute approximate surface area is 142 Å². The molecule has 0 saturated carbocycles. The number of para-hydroxylation sites is 1. The topological polar surface area (TPSA) is 78.9 Å². The van der Waals surface area contributed by atoms with Gasteiger partial charge in [0, 0.05) is 12.1 Å². The van der Waals surface area contributed by atoms with Crippen LogP contribution in [0.1, 0.15) is 20.8 Å². The van der Waals surface area contributed by atoms with E-state index in [1.807, 2.05) is 26.8 Å². The van der Waals surface area contributed by atoms with E-state index < -0.39 is 29.7 Å². The fraction of sp³-hybridized carbons (Fsp3) is 0.444. The van der Waals surface area contributed by atoms with Crippen molar-refractivity contribution in [1.82, 2.24) is 10.2 Å². The van der Waals surface area contributed by atoms with Crippen LogP contribution in [-0.2, 0) is 9.59 Å². The third-order valence-corrected chi connectivity index (χ3v) is 3.62. The molecule has 0 aliphatic carbocycles. The van der Waals surface area contributed by atoms with Crippen LogP contribution >= 0.6 is 0 Å². The second kappa shape index (κ2) is 7.05. The lowest BCUT2D eigenvalue weighted by molar-refractivity contribution is -0.174. The van der Waals surface area contributed by atoms with E-state index in [0.717, 1.165) is 0 Å². The van der Waals surface area contributed by atoms with Gasteiger partial charge >= 0.3 is 0 Å². The highest BCUT2D eigenvalue weighted by atomic mass is 16.5. The summed E-state index contributed by atoms with van der Waals surface area (Å²) in [5.74, 6) is -0.287. The molecule has 1 fully saturated rings. The number of aliphatic hydroxyl groups excluding tert-OH is 1. The summed E-state index contributed by atoms with van der Waals surface area (Å²) in [7, 11) is 0. The van der Waals surface area contributed by atoms with Crippen LogP contribution in [0.3, 0.4) is 0 Å². The molecule has 1 saturated heterocycles. The predicted octanol–water partition coefficient (Wildman–Crippen LogP) is 1.11. The Balaban J connectivity index is 2.15. The summed E-state index contributed by atoms with van der Waals surface area (Å²) in [6.07, 6.45) is -0.721. The molecule has 0 bridgehead atoms. The largest absolute Gasteiger partial charge is 0.478 e. The number of likely N-dealkylation sites (tertiary alicyclic amines) is 1. The first-order valence-electron chi connectivity index (χ1n) is 7.88. The van der Waals surface area contributed by atoms with Crippen LogP contribution in [0.4, 0.5) is 0 Å². The molecule has 2 N–H and O–H groups in total. The Morgan fingerprint density at radius 2 is 2.04 bits per heavy atom.